The Balaban J connectivity index is 0.000000472. The van der Waals surface area contributed by atoms with E-state index in [0.717, 1.165) is 20.1 Å². The molecule has 2 rings (SSSR count). The van der Waals surface area contributed by atoms with Crippen LogP contribution in [0.2, 0.25) is 0 Å². The van der Waals surface area contributed by atoms with Crippen LogP contribution in [0.15, 0.2) is 57.5 Å². The summed E-state index contributed by atoms with van der Waals surface area (Å²) in [7, 11) is 0. The molecule has 0 bridgehead atoms. The highest BCUT2D eigenvalue weighted by Crippen LogP contribution is 2.56. The number of hydrogen-bond acceptors (Lipinski definition) is 2. The number of aliphatic hydroxyl groups is 1. The quantitative estimate of drug-likeness (QED) is 0.312. The van der Waals surface area contributed by atoms with Gasteiger partial charge in [-0.2, -0.15) is 4.31 Å². The molecule has 2 nitrogen and oxygen atoms in total. The van der Waals surface area contributed by atoms with E-state index in [2.05, 4.69) is 31.9 Å². The van der Waals surface area contributed by atoms with E-state index < -0.39 is 11.4 Å². The fourth-order valence-corrected chi connectivity index (χ4v) is 3.60. The van der Waals surface area contributed by atoms with Gasteiger partial charge in [0.05, 0.1) is 13.3 Å². The molecule has 1 N–H and O–H groups in total. The van der Waals surface area contributed by atoms with Crippen LogP contribution in [0.5, 0.6) is 0 Å². The predicted molar refractivity (Wildman–Crippen MR) is 141 cm³/mol. The van der Waals surface area contributed by atoms with Gasteiger partial charge in [-0.25, -0.2) is 0 Å². The summed E-state index contributed by atoms with van der Waals surface area (Å²) in [5.74, 6) is 0. The largest absolute Gasteiger partial charge is 0.395 e. The summed E-state index contributed by atoms with van der Waals surface area (Å²) in [6, 6.07) is 15.8. The van der Waals surface area contributed by atoms with Gasteiger partial charge in [0.1, 0.15) is 0 Å². The summed E-state index contributed by atoms with van der Waals surface area (Å²) in [5, 5.41) is 9.11. The number of halogens is 6. The Morgan fingerprint density at radius 3 is 1.30 bits per heavy atom. The van der Waals surface area contributed by atoms with Gasteiger partial charge >= 0.3 is 0 Å². The molecule has 2 aromatic rings. The predicted octanol–water partition coefficient (Wildman–Crippen LogP) is 9.12. The molecule has 9 heteroatoms. The number of nitrogens with zero attached hydrogens (tertiary/aromatic N) is 1. The zero-order valence-corrected chi connectivity index (χ0v) is 24.0. The van der Waals surface area contributed by atoms with Crippen LogP contribution in [-0.2, 0) is 10.8 Å². The maximum atomic E-state index is 12.5. The second kappa shape index (κ2) is 14.7. The highest BCUT2D eigenvalue weighted by Gasteiger charge is 2.27. The van der Waals surface area contributed by atoms with Gasteiger partial charge in [-0.15, -0.1) is 11.7 Å². The monoisotopic (exact) mass is 619 g/mol. The Morgan fingerprint density at radius 1 is 0.758 bits per heavy atom. The van der Waals surface area contributed by atoms with Crippen LogP contribution in [0, 0.1) is 0 Å². The van der Waals surface area contributed by atoms with Crippen LogP contribution >= 0.6 is 43.2 Å². The van der Waals surface area contributed by atoms with Crippen molar-refractivity contribution in [1.82, 2.24) is 4.31 Å². The zero-order valence-electron chi connectivity index (χ0n) is 20.0. The highest BCUT2D eigenvalue weighted by atomic mass is 79.9. The number of aliphatic hydroxyl groups excluding tert-OH is 1. The first-order valence-corrected chi connectivity index (χ1v) is 13.4. The van der Waals surface area contributed by atoms with Crippen LogP contribution < -0.4 is 0 Å². The summed E-state index contributed by atoms with van der Waals surface area (Å²) >= 11 is 1.78. The first-order valence-electron chi connectivity index (χ1n) is 10.5. The van der Waals surface area contributed by atoms with E-state index in [4.69, 9.17) is 5.11 Å². The number of rotatable bonds is 7. The molecule has 0 atom stereocenters. The molecule has 0 aliphatic rings. The Hall–Kier alpha value is -0.610. The van der Waals surface area contributed by atoms with Crippen LogP contribution in [0.25, 0.3) is 0 Å². The summed E-state index contributed by atoms with van der Waals surface area (Å²) in [5.41, 5.74) is 1.70. The second-order valence-corrected chi connectivity index (χ2v) is 11.7. The molecule has 0 amide bonds. The van der Waals surface area contributed by atoms with E-state index in [9.17, 15) is 16.0 Å². The molecule has 0 aliphatic heterocycles. The minimum absolute atomic E-state index is 0.0648. The molecule has 0 saturated heterocycles. The van der Waals surface area contributed by atoms with Gasteiger partial charge in [-0.05, 0) is 35.4 Å². The summed E-state index contributed by atoms with van der Waals surface area (Å²) < 4.78 is 50.4. The maximum Gasteiger partial charge on any atom is 0.278 e. The molecule has 0 saturated carbocycles. The smallest absolute Gasteiger partial charge is 0.278 e. The van der Waals surface area contributed by atoms with Gasteiger partial charge in [0, 0.05) is 32.9 Å². The van der Waals surface area contributed by atoms with Gasteiger partial charge in [-0.1, -0.05) is 97.7 Å². The van der Waals surface area contributed by atoms with Crippen molar-refractivity contribution in [3.8, 4) is 0 Å². The molecule has 0 spiro atoms. The Bertz CT molecular complexity index is 736. The van der Waals surface area contributed by atoms with E-state index in [1.165, 1.54) is 13.8 Å². The topological polar surface area (TPSA) is 23.5 Å². The SMILES string of the molecule is CC(C)(CF)c1ccc(Br)cc1.CC(C)(CO)c1ccc(Br)cc1.CCN(CC)S(F)(F)F. The fraction of sp³-hybridized carbons (Fsp3) is 0.500. The Morgan fingerprint density at radius 2 is 1.09 bits per heavy atom. The third-order valence-electron chi connectivity index (χ3n) is 4.98. The van der Waals surface area contributed by atoms with Crippen molar-refractivity contribution in [3.05, 3.63) is 68.6 Å². The van der Waals surface area contributed by atoms with Gasteiger partial charge in [0.15, 0.2) is 0 Å². The van der Waals surface area contributed by atoms with Gasteiger partial charge in [0.2, 0.25) is 0 Å². The molecule has 33 heavy (non-hydrogen) atoms. The molecule has 0 unspecified atom stereocenters. The molecule has 0 fully saturated rings. The molecule has 0 aromatic heterocycles. The average molecular weight is 621 g/mol. The van der Waals surface area contributed by atoms with Gasteiger partial charge in [-0.3, -0.25) is 4.39 Å². The third kappa shape index (κ3) is 12.1. The molecule has 0 heterocycles. The molecular formula is C24H35Br2F4NOS. The number of benzene rings is 2. The van der Waals surface area contributed by atoms with E-state index in [1.807, 2.05) is 76.2 Å². The summed E-state index contributed by atoms with van der Waals surface area (Å²) in [4.78, 5) is 0. The first-order chi connectivity index (χ1) is 15.1. The maximum absolute atomic E-state index is 12.5. The fourth-order valence-electron chi connectivity index (χ4n) is 2.49. The lowest BCUT2D eigenvalue weighted by molar-refractivity contribution is 0.218. The van der Waals surface area contributed by atoms with Crippen LogP contribution in [0.4, 0.5) is 16.0 Å². The van der Waals surface area contributed by atoms with Crippen molar-refractivity contribution in [2.45, 2.75) is 52.4 Å². The van der Waals surface area contributed by atoms with Crippen molar-refractivity contribution >= 4 is 43.2 Å². The lowest BCUT2D eigenvalue weighted by Crippen LogP contribution is -2.21. The lowest BCUT2D eigenvalue weighted by atomic mass is 9.86. The van der Waals surface area contributed by atoms with Crippen molar-refractivity contribution in [3.63, 3.8) is 0 Å². The van der Waals surface area contributed by atoms with Crippen LogP contribution in [0.3, 0.4) is 0 Å². The third-order valence-corrected chi connectivity index (χ3v) is 7.14. The van der Waals surface area contributed by atoms with Gasteiger partial charge < -0.3 is 5.11 Å². The normalized spacial score (nSPS) is 12.4. The standard InChI is InChI=1S/C10H12BrF.C10H13BrO.C4H10F3NS/c2*1-10(2,7-12)8-3-5-9(11)6-4-8;1-3-8(4-2)9(5,6)7/h3-6H,7H2,1-2H3;3-6,12H,7H2,1-2H3;3-4H2,1-2H3. The second-order valence-electron chi connectivity index (χ2n) is 8.57. The Labute approximate surface area is 215 Å². The lowest BCUT2D eigenvalue weighted by Gasteiger charge is -2.23. The first kappa shape index (κ1) is 32.4. The summed E-state index contributed by atoms with van der Waals surface area (Å²) in [6.07, 6.45) is 0. The molecule has 190 valence electrons. The van der Waals surface area contributed by atoms with E-state index >= 15 is 0 Å². The van der Waals surface area contributed by atoms with Crippen LogP contribution in [-0.4, -0.2) is 35.8 Å². The van der Waals surface area contributed by atoms with Crippen molar-refractivity contribution in [2.75, 3.05) is 26.4 Å². The molecule has 0 radical (unpaired) electrons. The minimum atomic E-state index is -4.93. The average Bonchev–Trinajstić information content (AvgIpc) is 2.75. The Kier molecular flexibility index (Phi) is 14.4. The van der Waals surface area contributed by atoms with E-state index in [0.29, 0.717) is 4.31 Å². The van der Waals surface area contributed by atoms with Gasteiger partial charge in [0.25, 0.3) is 11.4 Å². The number of alkyl halides is 1. The molecule has 0 aliphatic carbocycles. The van der Waals surface area contributed by atoms with Crippen LogP contribution in [0.1, 0.15) is 52.7 Å². The minimum Gasteiger partial charge on any atom is -0.395 e. The van der Waals surface area contributed by atoms with Crippen molar-refractivity contribution < 1.29 is 21.2 Å². The van der Waals surface area contributed by atoms with Crippen molar-refractivity contribution in [1.29, 1.82) is 0 Å². The van der Waals surface area contributed by atoms with Crippen molar-refractivity contribution in [2.24, 2.45) is 0 Å². The highest BCUT2D eigenvalue weighted by molar-refractivity contribution is 9.10. The van der Waals surface area contributed by atoms with E-state index in [-0.39, 0.29) is 37.2 Å². The zero-order chi connectivity index (χ0) is 25.9. The number of hydrogen-bond donors (Lipinski definition) is 1. The molecular weight excluding hydrogens is 586 g/mol. The molecule has 2 aromatic carbocycles. The summed E-state index contributed by atoms with van der Waals surface area (Å²) in [6.45, 7) is 10.8. The van der Waals surface area contributed by atoms with E-state index in [1.54, 1.807) is 0 Å².